The molecule has 30 heavy (non-hydrogen) atoms. The first-order valence-corrected chi connectivity index (χ1v) is 10.2. The largest absolute Gasteiger partial charge is 0.404 e. The van der Waals surface area contributed by atoms with Crippen LogP contribution in [0.4, 0.5) is 11.7 Å². The van der Waals surface area contributed by atoms with Crippen molar-refractivity contribution in [1.29, 1.82) is 0 Å². The summed E-state index contributed by atoms with van der Waals surface area (Å²) >= 11 is 1.55. The van der Waals surface area contributed by atoms with Crippen molar-refractivity contribution in [3.63, 3.8) is 0 Å². The molecule has 1 amide bonds. The van der Waals surface area contributed by atoms with Gasteiger partial charge in [-0.25, -0.2) is 4.98 Å². The molecule has 4 rings (SSSR count). The van der Waals surface area contributed by atoms with Gasteiger partial charge < -0.3 is 15.5 Å². The first kappa shape index (κ1) is 19.8. The maximum absolute atomic E-state index is 12.1. The van der Waals surface area contributed by atoms with Crippen molar-refractivity contribution >= 4 is 28.9 Å². The fourth-order valence-electron chi connectivity index (χ4n) is 2.72. The highest BCUT2D eigenvalue weighted by molar-refractivity contribution is 7.13. The zero-order chi connectivity index (χ0) is 21.3. The molecule has 0 fully saturated rings. The Balaban J connectivity index is 1.54. The van der Waals surface area contributed by atoms with Crippen LogP contribution in [0.15, 0.2) is 58.3 Å². The molecule has 0 aliphatic carbocycles. The maximum Gasteiger partial charge on any atom is 0.313 e. The molecular weight excluding hydrogens is 398 g/mol. The van der Waals surface area contributed by atoms with Crippen LogP contribution in [-0.2, 0) is 4.79 Å². The highest BCUT2D eigenvalue weighted by atomic mass is 32.1. The fourth-order valence-corrected chi connectivity index (χ4v) is 3.54. The van der Waals surface area contributed by atoms with Gasteiger partial charge in [-0.15, -0.1) is 16.4 Å². The van der Waals surface area contributed by atoms with Crippen molar-refractivity contribution in [2.24, 2.45) is 5.41 Å². The summed E-state index contributed by atoms with van der Waals surface area (Å²) in [5.41, 5.74) is 9.43. The lowest BCUT2D eigenvalue weighted by Crippen LogP contribution is -2.27. The number of hydrogen-bond acceptors (Lipinski definition) is 7. The van der Waals surface area contributed by atoms with E-state index >= 15 is 0 Å². The number of nitrogen functional groups attached to an aromatic ring is 1. The third kappa shape index (κ3) is 4.23. The van der Waals surface area contributed by atoms with E-state index in [1.165, 1.54) is 0 Å². The fraction of sp³-hybridized carbons (Fsp3) is 0.182. The molecule has 0 spiro atoms. The number of benzene rings is 2. The van der Waals surface area contributed by atoms with Crippen molar-refractivity contribution in [2.45, 2.75) is 20.8 Å². The van der Waals surface area contributed by atoms with E-state index in [9.17, 15) is 4.79 Å². The summed E-state index contributed by atoms with van der Waals surface area (Å²) < 4.78 is 5.30. The number of anilines is 2. The molecule has 0 unspecified atom stereocenters. The van der Waals surface area contributed by atoms with Crippen molar-refractivity contribution in [3.8, 4) is 33.3 Å². The summed E-state index contributed by atoms with van der Waals surface area (Å²) in [7, 11) is 0. The molecule has 2 aromatic carbocycles. The first-order valence-electron chi connectivity index (χ1n) is 9.37. The Morgan fingerprint density at radius 2 is 1.77 bits per heavy atom. The Morgan fingerprint density at radius 3 is 2.43 bits per heavy atom. The number of amides is 1. The summed E-state index contributed by atoms with van der Waals surface area (Å²) in [6, 6.07) is 15.4. The van der Waals surface area contributed by atoms with Crippen LogP contribution in [-0.4, -0.2) is 21.1 Å². The van der Waals surface area contributed by atoms with Gasteiger partial charge in [0.1, 0.15) is 5.01 Å². The molecule has 0 radical (unpaired) electrons. The van der Waals surface area contributed by atoms with Gasteiger partial charge in [0.25, 0.3) is 0 Å². The summed E-state index contributed by atoms with van der Waals surface area (Å²) in [4.78, 5) is 16.9. The van der Waals surface area contributed by atoms with E-state index in [1.54, 1.807) is 11.3 Å². The minimum atomic E-state index is -0.441. The lowest BCUT2D eigenvalue weighted by Gasteiger charge is -2.17. The van der Waals surface area contributed by atoms with Gasteiger partial charge in [-0.05, 0) is 24.3 Å². The minimum Gasteiger partial charge on any atom is -0.404 e. The Kier molecular flexibility index (Phi) is 5.09. The van der Waals surface area contributed by atoms with E-state index in [2.05, 4.69) is 15.5 Å². The lowest BCUT2D eigenvalue weighted by molar-refractivity contribution is -0.123. The Morgan fingerprint density at radius 1 is 1.03 bits per heavy atom. The van der Waals surface area contributed by atoms with Crippen molar-refractivity contribution < 1.29 is 9.21 Å². The smallest absolute Gasteiger partial charge is 0.313 e. The summed E-state index contributed by atoms with van der Waals surface area (Å²) in [6.45, 7) is 5.65. The first-order chi connectivity index (χ1) is 14.3. The molecule has 0 saturated carbocycles. The molecule has 4 aromatic rings. The number of carbonyl (C=O) groups excluding carboxylic acids is 1. The molecule has 0 atom stereocenters. The monoisotopic (exact) mass is 419 g/mol. The van der Waals surface area contributed by atoms with Gasteiger partial charge in [0.15, 0.2) is 0 Å². The minimum absolute atomic E-state index is 0.0194. The van der Waals surface area contributed by atoms with Gasteiger partial charge in [0, 0.05) is 33.2 Å². The quantitative estimate of drug-likeness (QED) is 0.477. The number of thiazole rings is 1. The number of hydrogen-bond donors (Lipinski definition) is 2. The van der Waals surface area contributed by atoms with E-state index in [0.29, 0.717) is 5.89 Å². The second-order valence-electron chi connectivity index (χ2n) is 7.85. The van der Waals surface area contributed by atoms with Crippen LogP contribution in [0, 0.1) is 5.41 Å². The number of carbonyl (C=O) groups is 1. The van der Waals surface area contributed by atoms with E-state index < -0.39 is 5.41 Å². The van der Waals surface area contributed by atoms with Gasteiger partial charge in [0.05, 0.1) is 5.69 Å². The van der Waals surface area contributed by atoms with Crippen LogP contribution in [0.5, 0.6) is 0 Å². The van der Waals surface area contributed by atoms with Gasteiger partial charge in [-0.3, -0.25) is 4.79 Å². The predicted octanol–water partition coefficient (Wildman–Crippen LogP) is 5.09. The lowest BCUT2D eigenvalue weighted by atomic mass is 9.95. The SMILES string of the molecule is CC(C)(C)C(=O)Nc1ccc(-c2csc(-c3cccc(-c4nnc(N)o4)c3)n2)cc1. The number of nitrogens with two attached hydrogens (primary N) is 1. The topological polar surface area (TPSA) is 107 Å². The molecule has 0 saturated heterocycles. The van der Waals surface area contributed by atoms with Crippen LogP contribution < -0.4 is 11.1 Å². The van der Waals surface area contributed by atoms with Crippen LogP contribution in [0.2, 0.25) is 0 Å². The predicted molar refractivity (Wildman–Crippen MR) is 119 cm³/mol. The van der Waals surface area contributed by atoms with Crippen LogP contribution in [0.1, 0.15) is 20.8 Å². The maximum atomic E-state index is 12.1. The number of aromatic nitrogens is 3. The van der Waals surface area contributed by atoms with Gasteiger partial charge in [0.2, 0.25) is 11.8 Å². The third-order valence-corrected chi connectivity index (χ3v) is 5.31. The zero-order valence-corrected chi connectivity index (χ0v) is 17.7. The average Bonchev–Trinajstić information content (AvgIpc) is 3.37. The Bertz CT molecular complexity index is 1190. The summed E-state index contributed by atoms with van der Waals surface area (Å²) in [5.74, 6) is 0.355. The summed E-state index contributed by atoms with van der Waals surface area (Å²) in [5, 5.41) is 13.4. The van der Waals surface area contributed by atoms with Gasteiger partial charge >= 0.3 is 6.01 Å². The molecule has 7 nitrogen and oxygen atoms in total. The molecular formula is C22H21N5O2S. The molecule has 2 heterocycles. The second-order valence-corrected chi connectivity index (χ2v) is 8.70. The number of rotatable bonds is 4. The summed E-state index contributed by atoms with van der Waals surface area (Å²) in [6.07, 6.45) is 0. The highest BCUT2D eigenvalue weighted by Crippen LogP contribution is 2.32. The third-order valence-electron chi connectivity index (χ3n) is 4.42. The molecule has 2 aromatic heterocycles. The van der Waals surface area contributed by atoms with Gasteiger partial charge in [-0.1, -0.05) is 50.1 Å². The van der Waals surface area contributed by atoms with E-state index in [4.69, 9.17) is 15.1 Å². The molecule has 0 aliphatic heterocycles. The van der Waals surface area contributed by atoms with Crippen molar-refractivity contribution in [2.75, 3.05) is 11.1 Å². The highest BCUT2D eigenvalue weighted by Gasteiger charge is 2.21. The Labute approximate surface area is 178 Å². The number of nitrogens with one attached hydrogen (secondary N) is 1. The average molecular weight is 420 g/mol. The standard InChI is InChI=1S/C22H21N5O2S/c1-22(2,3)20(28)24-16-9-7-13(8-10-16)17-12-30-19(25-17)15-6-4-5-14(11-15)18-26-27-21(23)29-18/h4-12H,1-3H3,(H2,23,27)(H,24,28). The van der Waals surface area contributed by atoms with Crippen LogP contribution >= 0.6 is 11.3 Å². The van der Waals surface area contributed by atoms with Crippen LogP contribution in [0.3, 0.4) is 0 Å². The second kappa shape index (κ2) is 7.72. The van der Waals surface area contributed by atoms with Crippen molar-refractivity contribution in [1.82, 2.24) is 15.2 Å². The normalized spacial score (nSPS) is 11.4. The van der Waals surface area contributed by atoms with E-state index in [1.807, 2.05) is 74.7 Å². The molecule has 152 valence electrons. The van der Waals surface area contributed by atoms with E-state index in [0.717, 1.165) is 33.1 Å². The molecule has 0 aliphatic rings. The van der Waals surface area contributed by atoms with Crippen molar-refractivity contribution in [3.05, 3.63) is 53.9 Å². The van der Waals surface area contributed by atoms with Crippen LogP contribution in [0.25, 0.3) is 33.3 Å². The molecule has 3 N–H and O–H groups in total. The molecule has 8 heteroatoms. The van der Waals surface area contributed by atoms with E-state index in [-0.39, 0.29) is 11.9 Å². The molecule has 0 bridgehead atoms. The van der Waals surface area contributed by atoms with Gasteiger partial charge in [-0.2, -0.15) is 0 Å². The zero-order valence-electron chi connectivity index (χ0n) is 16.8. The number of nitrogens with zero attached hydrogens (tertiary/aromatic N) is 3. The Hall–Kier alpha value is -3.52.